The van der Waals surface area contributed by atoms with E-state index in [1.807, 2.05) is 31.2 Å². The quantitative estimate of drug-likeness (QED) is 0.220. The summed E-state index contributed by atoms with van der Waals surface area (Å²) in [7, 11) is 0. The normalized spacial score (nSPS) is 14.7. The zero-order valence-electron chi connectivity index (χ0n) is 20.1. The molecule has 0 atom stereocenters. The van der Waals surface area contributed by atoms with E-state index in [9.17, 15) is 4.79 Å². The van der Waals surface area contributed by atoms with Crippen molar-refractivity contribution in [2.45, 2.75) is 26.3 Å². The van der Waals surface area contributed by atoms with Gasteiger partial charge in [-0.2, -0.15) is 0 Å². The van der Waals surface area contributed by atoms with Crippen LogP contribution in [0.1, 0.15) is 41.3 Å². The van der Waals surface area contributed by atoms with Crippen LogP contribution in [0.4, 0.5) is 0 Å². The zero-order chi connectivity index (χ0) is 24.6. The first kappa shape index (κ1) is 27.7. The number of aromatic carboxylic acids is 1. The van der Waals surface area contributed by atoms with Gasteiger partial charge in [0.05, 0.1) is 11.3 Å². The molecule has 0 aromatic heterocycles. The summed E-state index contributed by atoms with van der Waals surface area (Å²) in [6.45, 7) is 5.40. The van der Waals surface area contributed by atoms with Crippen molar-refractivity contribution in [1.29, 1.82) is 0 Å². The zero-order valence-corrected chi connectivity index (χ0v) is 22.5. The molecule has 0 amide bonds. The molecule has 1 aliphatic heterocycles. The van der Waals surface area contributed by atoms with E-state index in [2.05, 4.69) is 50.3 Å². The largest absolute Gasteiger partial charge is 0.478 e. The first-order chi connectivity index (χ1) is 17.0. The van der Waals surface area contributed by atoms with Gasteiger partial charge in [-0.3, -0.25) is 4.90 Å². The Morgan fingerprint density at radius 1 is 0.944 bits per heavy atom. The third kappa shape index (κ3) is 7.56. The fourth-order valence-electron chi connectivity index (χ4n) is 4.20. The van der Waals surface area contributed by atoms with Gasteiger partial charge in [-0.1, -0.05) is 45.4 Å². The van der Waals surface area contributed by atoms with Gasteiger partial charge >= 0.3 is 5.97 Å². The van der Waals surface area contributed by atoms with Crippen LogP contribution < -0.4 is 4.74 Å². The summed E-state index contributed by atoms with van der Waals surface area (Å²) in [6, 6.07) is 22.8. The second-order valence-electron chi connectivity index (χ2n) is 8.53. The Kier molecular flexibility index (Phi) is 10.3. The summed E-state index contributed by atoms with van der Waals surface area (Å²) in [5.41, 5.74) is 3.63. The average molecular weight is 574 g/mol. The van der Waals surface area contributed by atoms with Gasteiger partial charge in [0.2, 0.25) is 0 Å². The molecule has 4 rings (SSSR count). The Morgan fingerprint density at radius 3 is 2.06 bits per heavy atom. The van der Waals surface area contributed by atoms with Crippen molar-refractivity contribution in [3.05, 3.63) is 94.0 Å². The minimum absolute atomic E-state index is 0. The standard InChI is InChI=1S/C28H29BrN2O4.ClH/c1-2-34-30-27(21-5-9-24(29)10-6-21)22-15-17-31(18-16-22)19-20-3-11-25(12-4-20)35-26-13-7-23(8-14-26)28(32)33;/h3-14,22H,2,15-19H2,1H3,(H,32,33);1H/b30-27-;. The Balaban J connectivity index is 0.00000361. The molecular formula is C28H30BrClN2O4. The van der Waals surface area contributed by atoms with Gasteiger partial charge in [0.15, 0.2) is 0 Å². The highest BCUT2D eigenvalue weighted by molar-refractivity contribution is 9.10. The molecule has 190 valence electrons. The second-order valence-corrected chi connectivity index (χ2v) is 9.44. The highest BCUT2D eigenvalue weighted by Gasteiger charge is 2.25. The van der Waals surface area contributed by atoms with Gasteiger partial charge in [-0.05, 0) is 92.5 Å². The number of hydrogen-bond acceptors (Lipinski definition) is 5. The van der Waals surface area contributed by atoms with Crippen LogP contribution in [0.2, 0.25) is 0 Å². The molecule has 0 aliphatic carbocycles. The van der Waals surface area contributed by atoms with Gasteiger partial charge in [0.25, 0.3) is 0 Å². The minimum atomic E-state index is -0.948. The first-order valence-corrected chi connectivity index (χ1v) is 12.6. The molecule has 1 heterocycles. The lowest BCUT2D eigenvalue weighted by atomic mass is 9.88. The smallest absolute Gasteiger partial charge is 0.335 e. The Bertz CT molecular complexity index is 1140. The molecular weight excluding hydrogens is 544 g/mol. The number of halogens is 2. The summed E-state index contributed by atoms with van der Waals surface area (Å²) in [4.78, 5) is 18.9. The molecule has 0 spiro atoms. The van der Waals surface area contributed by atoms with Crippen LogP contribution in [-0.2, 0) is 11.4 Å². The number of carboxylic acids is 1. The molecule has 1 fully saturated rings. The SMILES string of the molecule is CCO/N=C(/c1ccc(Br)cc1)C1CCN(Cc2ccc(Oc3ccc(C(=O)O)cc3)cc2)CC1.Cl. The number of rotatable bonds is 9. The van der Waals surface area contributed by atoms with Crippen molar-refractivity contribution >= 4 is 40.0 Å². The molecule has 0 bridgehead atoms. The van der Waals surface area contributed by atoms with Gasteiger partial charge < -0.3 is 14.7 Å². The molecule has 36 heavy (non-hydrogen) atoms. The third-order valence-corrected chi connectivity index (χ3v) is 6.60. The third-order valence-electron chi connectivity index (χ3n) is 6.07. The maximum absolute atomic E-state index is 11.0. The molecule has 0 unspecified atom stereocenters. The maximum atomic E-state index is 11.0. The van der Waals surface area contributed by atoms with E-state index in [0.717, 1.165) is 54.0 Å². The Hall–Kier alpha value is -2.87. The molecule has 6 nitrogen and oxygen atoms in total. The number of carboxylic acid groups (broad SMARTS) is 1. The fourth-order valence-corrected chi connectivity index (χ4v) is 4.47. The first-order valence-electron chi connectivity index (χ1n) is 11.8. The fraction of sp³-hybridized carbons (Fsp3) is 0.286. The number of benzene rings is 3. The van der Waals surface area contributed by atoms with Crippen molar-refractivity contribution in [3.8, 4) is 11.5 Å². The van der Waals surface area contributed by atoms with Crippen LogP contribution in [0.3, 0.4) is 0 Å². The van der Waals surface area contributed by atoms with E-state index in [0.29, 0.717) is 18.3 Å². The van der Waals surface area contributed by atoms with Crippen LogP contribution >= 0.6 is 28.3 Å². The van der Waals surface area contributed by atoms with Gasteiger partial charge in [-0.15, -0.1) is 12.4 Å². The summed E-state index contributed by atoms with van der Waals surface area (Å²) in [5, 5.41) is 13.5. The van der Waals surface area contributed by atoms with Crippen LogP contribution in [0, 0.1) is 5.92 Å². The minimum Gasteiger partial charge on any atom is -0.478 e. The summed E-state index contributed by atoms with van der Waals surface area (Å²) in [6.07, 6.45) is 2.07. The molecule has 0 radical (unpaired) electrons. The van der Waals surface area contributed by atoms with E-state index < -0.39 is 5.97 Å². The topological polar surface area (TPSA) is 71.4 Å². The predicted octanol–water partition coefficient (Wildman–Crippen LogP) is 7.01. The van der Waals surface area contributed by atoms with Gasteiger partial charge in [0, 0.05) is 16.9 Å². The van der Waals surface area contributed by atoms with Crippen molar-refractivity contribution in [2.24, 2.45) is 11.1 Å². The van der Waals surface area contributed by atoms with E-state index in [-0.39, 0.29) is 18.0 Å². The van der Waals surface area contributed by atoms with Crippen molar-refractivity contribution < 1.29 is 19.5 Å². The molecule has 8 heteroatoms. The van der Waals surface area contributed by atoms with E-state index >= 15 is 0 Å². The monoisotopic (exact) mass is 572 g/mol. The summed E-state index contributed by atoms with van der Waals surface area (Å²) in [5.74, 6) is 0.764. The van der Waals surface area contributed by atoms with Crippen LogP contribution in [-0.4, -0.2) is 41.4 Å². The number of nitrogens with zero attached hydrogens (tertiary/aromatic N) is 2. The second kappa shape index (κ2) is 13.4. The van der Waals surface area contributed by atoms with Gasteiger partial charge in [-0.25, -0.2) is 4.79 Å². The number of likely N-dealkylation sites (tertiary alicyclic amines) is 1. The lowest BCUT2D eigenvalue weighted by Crippen LogP contribution is -2.36. The molecule has 0 saturated carbocycles. The Morgan fingerprint density at radius 2 is 1.50 bits per heavy atom. The predicted molar refractivity (Wildman–Crippen MR) is 147 cm³/mol. The maximum Gasteiger partial charge on any atom is 0.335 e. The number of ether oxygens (including phenoxy) is 1. The molecule has 3 aromatic carbocycles. The molecule has 3 aromatic rings. The highest BCUT2D eigenvalue weighted by Crippen LogP contribution is 2.26. The highest BCUT2D eigenvalue weighted by atomic mass is 79.9. The Labute approximate surface area is 226 Å². The molecule has 1 aliphatic rings. The van der Waals surface area contributed by atoms with E-state index in [1.165, 1.54) is 17.7 Å². The van der Waals surface area contributed by atoms with Crippen LogP contribution in [0.25, 0.3) is 0 Å². The number of carbonyl (C=O) groups is 1. The summed E-state index contributed by atoms with van der Waals surface area (Å²) < 4.78 is 6.90. The summed E-state index contributed by atoms with van der Waals surface area (Å²) >= 11 is 3.51. The van der Waals surface area contributed by atoms with Crippen molar-refractivity contribution in [1.82, 2.24) is 4.90 Å². The van der Waals surface area contributed by atoms with Crippen LogP contribution in [0.5, 0.6) is 11.5 Å². The average Bonchev–Trinajstić information content (AvgIpc) is 2.88. The van der Waals surface area contributed by atoms with Crippen molar-refractivity contribution in [3.63, 3.8) is 0 Å². The lowest BCUT2D eigenvalue weighted by molar-refractivity contribution is 0.0697. The number of hydrogen-bond donors (Lipinski definition) is 1. The number of piperidine rings is 1. The van der Waals surface area contributed by atoms with Crippen LogP contribution in [0.15, 0.2) is 82.4 Å². The molecule has 1 N–H and O–H groups in total. The van der Waals surface area contributed by atoms with E-state index in [4.69, 9.17) is 14.7 Å². The molecule has 1 saturated heterocycles. The number of oxime groups is 1. The van der Waals surface area contributed by atoms with E-state index in [1.54, 1.807) is 12.1 Å². The van der Waals surface area contributed by atoms with Gasteiger partial charge in [0.1, 0.15) is 18.1 Å². The lowest BCUT2D eigenvalue weighted by Gasteiger charge is -2.32. The van der Waals surface area contributed by atoms with Crippen molar-refractivity contribution in [2.75, 3.05) is 19.7 Å².